The van der Waals surface area contributed by atoms with Crippen molar-refractivity contribution >= 4 is 6.41 Å². The van der Waals surface area contributed by atoms with E-state index in [1.54, 1.807) is 0 Å². The van der Waals surface area contributed by atoms with Crippen LogP contribution in [0.25, 0.3) is 0 Å². The van der Waals surface area contributed by atoms with E-state index in [9.17, 15) is 4.79 Å². The molecule has 0 atom stereocenters. The average molecular weight is 177 g/mol. The van der Waals surface area contributed by atoms with Gasteiger partial charge in [0.15, 0.2) is 0 Å². The molecule has 2 nitrogen and oxygen atoms in total. The summed E-state index contributed by atoms with van der Waals surface area (Å²) < 4.78 is 0. The van der Waals surface area contributed by atoms with Crippen molar-refractivity contribution in [2.45, 2.75) is 19.8 Å². The molecular formula is C11H15NO. The summed E-state index contributed by atoms with van der Waals surface area (Å²) in [5, 5.41) is 2.67. The molecule has 0 aliphatic rings. The minimum Gasteiger partial charge on any atom is -0.358 e. The van der Waals surface area contributed by atoms with E-state index in [-0.39, 0.29) is 0 Å². The quantitative estimate of drug-likeness (QED) is 0.536. The summed E-state index contributed by atoms with van der Waals surface area (Å²) in [6.45, 7) is 2.87. The summed E-state index contributed by atoms with van der Waals surface area (Å²) >= 11 is 0. The molecule has 0 saturated carbocycles. The molecule has 0 saturated heterocycles. The smallest absolute Gasteiger partial charge is 0.207 e. The number of benzene rings is 1. The highest BCUT2D eigenvalue weighted by Gasteiger charge is 1.97. The zero-order valence-electron chi connectivity index (χ0n) is 7.92. The van der Waals surface area contributed by atoms with Crippen molar-refractivity contribution in [3.05, 3.63) is 35.4 Å². The minimum atomic E-state index is 0.723. The molecule has 0 spiro atoms. The van der Waals surface area contributed by atoms with Crippen LogP contribution < -0.4 is 5.32 Å². The van der Waals surface area contributed by atoms with Gasteiger partial charge in [-0.15, -0.1) is 0 Å². The summed E-state index contributed by atoms with van der Waals surface area (Å²) in [5.74, 6) is 0. The summed E-state index contributed by atoms with van der Waals surface area (Å²) in [6, 6.07) is 8.34. The second-order valence-corrected chi connectivity index (χ2v) is 2.94. The number of carbonyl (C=O) groups excluding carboxylic acids is 1. The molecule has 1 amide bonds. The fourth-order valence-electron chi connectivity index (χ4n) is 1.41. The molecule has 70 valence electrons. The largest absolute Gasteiger partial charge is 0.358 e. The molecule has 1 aromatic carbocycles. The molecule has 0 aromatic heterocycles. The van der Waals surface area contributed by atoms with Crippen LogP contribution in [0.15, 0.2) is 24.3 Å². The number of rotatable bonds is 5. The molecule has 2 heteroatoms. The Labute approximate surface area is 79.0 Å². The van der Waals surface area contributed by atoms with Gasteiger partial charge in [0.2, 0.25) is 6.41 Å². The lowest BCUT2D eigenvalue weighted by molar-refractivity contribution is -0.109. The highest BCUT2D eigenvalue weighted by atomic mass is 16.1. The van der Waals surface area contributed by atoms with Gasteiger partial charge < -0.3 is 5.32 Å². The lowest BCUT2D eigenvalue weighted by Crippen LogP contribution is -2.14. The topological polar surface area (TPSA) is 29.1 Å². The molecule has 0 heterocycles. The van der Waals surface area contributed by atoms with Crippen molar-refractivity contribution in [1.82, 2.24) is 5.32 Å². The fraction of sp³-hybridized carbons (Fsp3) is 0.364. The van der Waals surface area contributed by atoms with Gasteiger partial charge in [-0.05, 0) is 24.0 Å². The first-order chi connectivity index (χ1) is 6.38. The first-order valence-corrected chi connectivity index (χ1v) is 4.62. The molecule has 0 aliphatic carbocycles. The van der Waals surface area contributed by atoms with Gasteiger partial charge in [-0.1, -0.05) is 31.2 Å². The van der Waals surface area contributed by atoms with Crippen LogP contribution in [-0.4, -0.2) is 13.0 Å². The molecule has 0 unspecified atom stereocenters. The van der Waals surface area contributed by atoms with Crippen molar-refractivity contribution in [3.63, 3.8) is 0 Å². The molecule has 0 fully saturated rings. The molecule has 0 radical (unpaired) electrons. The third-order valence-electron chi connectivity index (χ3n) is 2.12. The number of amides is 1. The molecule has 0 aliphatic heterocycles. The van der Waals surface area contributed by atoms with Crippen LogP contribution in [0.4, 0.5) is 0 Å². The van der Waals surface area contributed by atoms with Gasteiger partial charge in [0.25, 0.3) is 0 Å². The highest BCUT2D eigenvalue weighted by Crippen LogP contribution is 2.09. The van der Waals surface area contributed by atoms with Gasteiger partial charge in [0.05, 0.1) is 0 Å². The van der Waals surface area contributed by atoms with Crippen LogP contribution in [0.2, 0.25) is 0 Å². The highest BCUT2D eigenvalue weighted by molar-refractivity contribution is 5.45. The van der Waals surface area contributed by atoms with E-state index in [4.69, 9.17) is 0 Å². The molecule has 1 rings (SSSR count). The maximum absolute atomic E-state index is 10.0. The van der Waals surface area contributed by atoms with E-state index in [1.165, 1.54) is 11.1 Å². The Balaban J connectivity index is 2.58. The Bertz CT molecular complexity index is 271. The monoisotopic (exact) mass is 177 g/mol. The minimum absolute atomic E-state index is 0.723. The number of nitrogens with one attached hydrogen (secondary N) is 1. The van der Waals surface area contributed by atoms with Crippen LogP contribution in [-0.2, 0) is 17.6 Å². The summed E-state index contributed by atoms with van der Waals surface area (Å²) in [4.78, 5) is 10.0. The van der Waals surface area contributed by atoms with Crippen LogP contribution in [0.1, 0.15) is 18.1 Å². The van der Waals surface area contributed by atoms with Crippen LogP contribution in [0.3, 0.4) is 0 Å². The Morgan fingerprint density at radius 2 is 2.00 bits per heavy atom. The van der Waals surface area contributed by atoms with Crippen LogP contribution in [0.5, 0.6) is 0 Å². The summed E-state index contributed by atoms with van der Waals surface area (Å²) in [6.07, 6.45) is 2.72. The second-order valence-electron chi connectivity index (χ2n) is 2.94. The van der Waals surface area contributed by atoms with Crippen molar-refractivity contribution in [1.29, 1.82) is 0 Å². The zero-order valence-corrected chi connectivity index (χ0v) is 7.92. The number of hydrogen-bond donors (Lipinski definition) is 1. The van der Waals surface area contributed by atoms with Crippen LogP contribution in [0, 0.1) is 0 Å². The van der Waals surface area contributed by atoms with Crippen molar-refractivity contribution in [2.75, 3.05) is 6.54 Å². The van der Waals surface area contributed by atoms with Crippen molar-refractivity contribution < 1.29 is 4.79 Å². The molecule has 1 aromatic rings. The van der Waals surface area contributed by atoms with Gasteiger partial charge in [0.1, 0.15) is 0 Å². The first-order valence-electron chi connectivity index (χ1n) is 4.62. The third-order valence-corrected chi connectivity index (χ3v) is 2.12. The zero-order chi connectivity index (χ0) is 9.52. The predicted octanol–water partition coefficient (Wildman–Crippen LogP) is 1.54. The van der Waals surface area contributed by atoms with Gasteiger partial charge >= 0.3 is 0 Å². The van der Waals surface area contributed by atoms with E-state index in [1.807, 2.05) is 6.07 Å². The standard InChI is InChI=1S/C11H15NO/c1-2-10-5-3-4-6-11(10)7-8-12-9-13/h3-6,9H,2,7-8H2,1H3,(H,12,13). The summed E-state index contributed by atoms with van der Waals surface area (Å²) in [7, 11) is 0. The SMILES string of the molecule is CCc1ccccc1CCNC=O. The first kappa shape index (κ1) is 9.78. The average Bonchev–Trinajstić information content (AvgIpc) is 2.19. The second kappa shape index (κ2) is 5.36. The van der Waals surface area contributed by atoms with Gasteiger partial charge in [-0.25, -0.2) is 0 Å². The van der Waals surface area contributed by atoms with Gasteiger partial charge in [0, 0.05) is 6.54 Å². The third kappa shape index (κ3) is 2.90. The number of carbonyl (C=O) groups is 1. The van der Waals surface area contributed by atoms with Crippen molar-refractivity contribution in [3.8, 4) is 0 Å². The molecule has 1 N–H and O–H groups in total. The Hall–Kier alpha value is -1.31. The summed E-state index contributed by atoms with van der Waals surface area (Å²) in [5.41, 5.74) is 2.70. The molecule has 0 bridgehead atoms. The predicted molar refractivity (Wildman–Crippen MR) is 53.6 cm³/mol. The van der Waals surface area contributed by atoms with Crippen LogP contribution >= 0.6 is 0 Å². The van der Waals surface area contributed by atoms with E-state index < -0.39 is 0 Å². The molecular weight excluding hydrogens is 162 g/mol. The maximum Gasteiger partial charge on any atom is 0.207 e. The van der Waals surface area contributed by atoms with E-state index in [0.29, 0.717) is 0 Å². The van der Waals surface area contributed by atoms with E-state index >= 15 is 0 Å². The normalized spacial score (nSPS) is 9.62. The Kier molecular flexibility index (Phi) is 4.03. The van der Waals surface area contributed by atoms with E-state index in [0.717, 1.165) is 25.8 Å². The lowest BCUT2D eigenvalue weighted by atomic mass is 10.0. The Morgan fingerprint density at radius 1 is 1.31 bits per heavy atom. The number of aryl methyl sites for hydroxylation is 1. The fourth-order valence-corrected chi connectivity index (χ4v) is 1.41. The van der Waals surface area contributed by atoms with Gasteiger partial charge in [-0.2, -0.15) is 0 Å². The number of hydrogen-bond acceptors (Lipinski definition) is 1. The Morgan fingerprint density at radius 3 is 2.62 bits per heavy atom. The molecule has 13 heavy (non-hydrogen) atoms. The van der Waals surface area contributed by atoms with Gasteiger partial charge in [-0.3, -0.25) is 4.79 Å². The van der Waals surface area contributed by atoms with Crippen molar-refractivity contribution in [2.24, 2.45) is 0 Å². The lowest BCUT2D eigenvalue weighted by Gasteiger charge is -2.06. The maximum atomic E-state index is 10.0. The van der Waals surface area contributed by atoms with E-state index in [2.05, 4.69) is 30.4 Å².